The van der Waals surface area contributed by atoms with Gasteiger partial charge in [0.05, 0.1) is 6.26 Å². The van der Waals surface area contributed by atoms with E-state index in [1.807, 2.05) is 22.6 Å². The predicted molar refractivity (Wildman–Crippen MR) is 97.6 cm³/mol. The number of rotatable bonds is 8. The molecule has 1 aliphatic rings. The Labute approximate surface area is 151 Å². The van der Waals surface area contributed by atoms with Crippen LogP contribution in [0.15, 0.2) is 12.4 Å². The van der Waals surface area contributed by atoms with Crippen molar-refractivity contribution in [2.24, 2.45) is 5.92 Å². The van der Waals surface area contributed by atoms with Gasteiger partial charge in [-0.15, -0.1) is 0 Å². The van der Waals surface area contributed by atoms with Gasteiger partial charge in [0.2, 0.25) is 15.9 Å². The first kappa shape index (κ1) is 19.9. The first-order valence-corrected chi connectivity index (χ1v) is 10.8. The molecule has 0 spiro atoms. The number of nitrogens with zero attached hydrogens (tertiary/aromatic N) is 4. The van der Waals surface area contributed by atoms with Crippen molar-refractivity contribution in [2.45, 2.75) is 52.6 Å². The van der Waals surface area contributed by atoms with E-state index in [1.165, 1.54) is 6.26 Å². The molecule has 8 heteroatoms. The quantitative estimate of drug-likeness (QED) is 0.695. The van der Waals surface area contributed by atoms with Crippen LogP contribution >= 0.6 is 0 Å². The van der Waals surface area contributed by atoms with Gasteiger partial charge in [0, 0.05) is 51.0 Å². The smallest absolute Gasteiger partial charge is 0.222 e. The molecule has 1 amide bonds. The fraction of sp³-hybridized carbons (Fsp3) is 0.765. The summed E-state index contributed by atoms with van der Waals surface area (Å²) in [7, 11) is -3.33. The molecule has 0 N–H and O–H groups in total. The number of amides is 1. The van der Waals surface area contributed by atoms with Crippen molar-refractivity contribution in [1.29, 1.82) is 0 Å². The highest BCUT2D eigenvalue weighted by atomic mass is 32.2. The number of hydrogen-bond donors (Lipinski definition) is 0. The van der Waals surface area contributed by atoms with Crippen LogP contribution in [0.4, 0.5) is 0 Å². The third kappa shape index (κ3) is 5.54. The number of aromatic nitrogens is 2. The Balaban J connectivity index is 1.97. The maximum atomic E-state index is 12.3. The van der Waals surface area contributed by atoms with Crippen LogP contribution in [0.2, 0.25) is 0 Å². The average Bonchev–Trinajstić information content (AvgIpc) is 3.13. The molecule has 25 heavy (non-hydrogen) atoms. The lowest BCUT2D eigenvalue weighted by atomic mass is 10.1. The van der Waals surface area contributed by atoms with Crippen molar-refractivity contribution in [1.82, 2.24) is 18.8 Å². The van der Waals surface area contributed by atoms with E-state index >= 15 is 0 Å². The molecular formula is C17H30N4O3S. The number of carbonyl (C=O) groups excluding carboxylic acids is 1. The summed E-state index contributed by atoms with van der Waals surface area (Å²) >= 11 is 0. The summed E-state index contributed by atoms with van der Waals surface area (Å²) < 4.78 is 28.0. The van der Waals surface area contributed by atoms with Gasteiger partial charge in [-0.3, -0.25) is 4.79 Å². The Kier molecular flexibility index (Phi) is 6.62. The first-order valence-electron chi connectivity index (χ1n) is 8.90. The Bertz CT molecular complexity index is 684. The number of hydrogen-bond acceptors (Lipinski definition) is 4. The van der Waals surface area contributed by atoms with Gasteiger partial charge in [-0.2, -0.15) is 4.31 Å². The van der Waals surface area contributed by atoms with Gasteiger partial charge < -0.3 is 9.47 Å². The largest absolute Gasteiger partial charge is 0.341 e. The third-order valence-corrected chi connectivity index (χ3v) is 6.10. The van der Waals surface area contributed by atoms with Crippen molar-refractivity contribution in [3.05, 3.63) is 18.2 Å². The molecule has 1 unspecified atom stereocenters. The first-order chi connectivity index (χ1) is 11.7. The molecule has 0 bridgehead atoms. The lowest BCUT2D eigenvalue weighted by Gasteiger charge is -2.27. The van der Waals surface area contributed by atoms with Crippen LogP contribution in [-0.2, 0) is 21.4 Å². The second kappa shape index (κ2) is 8.31. The monoisotopic (exact) mass is 370 g/mol. The van der Waals surface area contributed by atoms with Crippen LogP contribution < -0.4 is 0 Å². The Morgan fingerprint density at radius 2 is 2.16 bits per heavy atom. The summed E-state index contributed by atoms with van der Waals surface area (Å²) in [6.07, 6.45) is 6.92. The van der Waals surface area contributed by atoms with E-state index in [-0.39, 0.29) is 11.9 Å². The number of aryl methyl sites for hydroxylation is 1. The maximum Gasteiger partial charge on any atom is 0.222 e. The van der Waals surface area contributed by atoms with Gasteiger partial charge in [-0.05, 0) is 25.7 Å². The zero-order chi connectivity index (χ0) is 18.6. The van der Waals surface area contributed by atoms with Gasteiger partial charge in [0.25, 0.3) is 0 Å². The second-order valence-electron chi connectivity index (χ2n) is 7.26. The van der Waals surface area contributed by atoms with E-state index in [4.69, 9.17) is 0 Å². The van der Waals surface area contributed by atoms with Gasteiger partial charge in [-0.25, -0.2) is 13.4 Å². The predicted octanol–water partition coefficient (Wildman–Crippen LogP) is 1.49. The molecule has 1 aromatic heterocycles. The van der Waals surface area contributed by atoms with Crippen molar-refractivity contribution < 1.29 is 13.2 Å². The van der Waals surface area contributed by atoms with E-state index in [9.17, 15) is 13.2 Å². The topological polar surface area (TPSA) is 75.5 Å². The summed E-state index contributed by atoms with van der Waals surface area (Å²) in [5, 5.41) is 0. The average molecular weight is 371 g/mol. The summed E-state index contributed by atoms with van der Waals surface area (Å²) in [4.78, 5) is 18.3. The summed E-state index contributed by atoms with van der Waals surface area (Å²) in [6.45, 7) is 8.19. The van der Waals surface area contributed by atoms with Crippen molar-refractivity contribution >= 4 is 15.9 Å². The van der Waals surface area contributed by atoms with Crippen molar-refractivity contribution in [2.75, 3.05) is 25.9 Å². The SMILES string of the molecule is Cc1nccn1CCN(C1CCN(C(=O)CCC(C)C)C1)S(C)(=O)=O. The molecule has 0 saturated carbocycles. The molecule has 0 aliphatic carbocycles. The molecule has 1 saturated heterocycles. The van der Waals surface area contributed by atoms with Crippen molar-refractivity contribution in [3.63, 3.8) is 0 Å². The molecule has 1 aliphatic heterocycles. The molecular weight excluding hydrogens is 340 g/mol. The molecule has 2 heterocycles. The molecule has 1 aromatic rings. The van der Waals surface area contributed by atoms with Crippen molar-refractivity contribution in [3.8, 4) is 0 Å². The van der Waals surface area contributed by atoms with Crippen LogP contribution in [0, 0.1) is 12.8 Å². The van der Waals surface area contributed by atoms with Crippen LogP contribution in [0.25, 0.3) is 0 Å². The maximum absolute atomic E-state index is 12.3. The Hall–Kier alpha value is -1.41. The lowest BCUT2D eigenvalue weighted by Crippen LogP contribution is -2.43. The van der Waals surface area contributed by atoms with E-state index in [0.29, 0.717) is 44.9 Å². The zero-order valence-corrected chi connectivity index (χ0v) is 16.5. The van der Waals surface area contributed by atoms with Crippen LogP contribution in [0.3, 0.4) is 0 Å². The molecule has 0 aromatic carbocycles. The Morgan fingerprint density at radius 1 is 1.44 bits per heavy atom. The summed E-state index contributed by atoms with van der Waals surface area (Å²) in [6, 6.07) is -0.137. The lowest BCUT2D eigenvalue weighted by molar-refractivity contribution is -0.130. The number of carbonyl (C=O) groups is 1. The highest BCUT2D eigenvalue weighted by molar-refractivity contribution is 7.88. The minimum Gasteiger partial charge on any atom is -0.341 e. The fourth-order valence-electron chi connectivity index (χ4n) is 3.24. The normalized spacial score (nSPS) is 18.5. The molecule has 2 rings (SSSR count). The Morgan fingerprint density at radius 3 is 2.72 bits per heavy atom. The van der Waals surface area contributed by atoms with Gasteiger partial charge in [0.15, 0.2) is 0 Å². The molecule has 142 valence electrons. The van der Waals surface area contributed by atoms with Gasteiger partial charge >= 0.3 is 0 Å². The molecule has 7 nitrogen and oxygen atoms in total. The number of sulfonamides is 1. The van der Waals surface area contributed by atoms with E-state index < -0.39 is 10.0 Å². The van der Waals surface area contributed by atoms with Crippen LogP contribution in [0.1, 0.15) is 38.9 Å². The van der Waals surface area contributed by atoms with E-state index in [1.54, 1.807) is 10.5 Å². The number of likely N-dealkylation sites (tertiary alicyclic amines) is 1. The number of imidazole rings is 1. The molecule has 1 atom stereocenters. The molecule has 1 fully saturated rings. The van der Waals surface area contributed by atoms with Crippen LogP contribution in [0.5, 0.6) is 0 Å². The summed E-state index contributed by atoms with van der Waals surface area (Å²) in [5.74, 6) is 1.49. The highest BCUT2D eigenvalue weighted by Crippen LogP contribution is 2.20. The summed E-state index contributed by atoms with van der Waals surface area (Å²) in [5.41, 5.74) is 0. The minimum absolute atomic E-state index is 0.134. The molecule has 0 radical (unpaired) electrons. The zero-order valence-electron chi connectivity index (χ0n) is 15.7. The minimum atomic E-state index is -3.33. The van der Waals surface area contributed by atoms with E-state index in [0.717, 1.165) is 12.2 Å². The van der Waals surface area contributed by atoms with Gasteiger partial charge in [-0.1, -0.05) is 13.8 Å². The highest BCUT2D eigenvalue weighted by Gasteiger charge is 2.34. The van der Waals surface area contributed by atoms with E-state index in [2.05, 4.69) is 18.8 Å². The third-order valence-electron chi connectivity index (χ3n) is 4.77. The van der Waals surface area contributed by atoms with Crippen LogP contribution in [-0.4, -0.2) is 65.0 Å². The fourth-order valence-corrected chi connectivity index (χ4v) is 4.37. The van der Waals surface area contributed by atoms with Gasteiger partial charge in [0.1, 0.15) is 5.82 Å². The second-order valence-corrected chi connectivity index (χ2v) is 9.19. The standard InChI is InChI=1S/C17H30N4O3S/c1-14(2)5-6-17(22)20-9-7-16(13-20)21(25(4,23)24)12-11-19-10-8-18-15(19)3/h8,10,14,16H,5-7,9,11-13H2,1-4H3.